The molecule has 0 aliphatic heterocycles. The van der Waals surface area contributed by atoms with Crippen molar-refractivity contribution in [1.82, 2.24) is 10.2 Å². The summed E-state index contributed by atoms with van der Waals surface area (Å²) >= 11 is 12.8. The minimum absolute atomic E-state index is 0.00217. The highest BCUT2D eigenvalue weighted by atomic mass is 35.5. The third-order valence-corrected chi connectivity index (χ3v) is 8.68. The fraction of sp³-hybridized carbons (Fsp3) is 0.310. The van der Waals surface area contributed by atoms with Crippen molar-refractivity contribution in [3.63, 3.8) is 0 Å². The van der Waals surface area contributed by atoms with Crippen molar-refractivity contribution < 1.29 is 22.7 Å². The Morgan fingerprint density at radius 2 is 1.57 bits per heavy atom. The number of sulfonamides is 1. The summed E-state index contributed by atoms with van der Waals surface area (Å²) in [5, 5.41) is 3.44. The predicted molar refractivity (Wildman–Crippen MR) is 158 cm³/mol. The van der Waals surface area contributed by atoms with Crippen molar-refractivity contribution in [2.45, 2.75) is 51.2 Å². The molecule has 0 fully saturated rings. The van der Waals surface area contributed by atoms with Gasteiger partial charge in [0.25, 0.3) is 10.0 Å². The van der Waals surface area contributed by atoms with E-state index < -0.39 is 34.4 Å². The summed E-state index contributed by atoms with van der Waals surface area (Å²) in [5.74, 6) is -0.771. The van der Waals surface area contributed by atoms with E-state index in [9.17, 15) is 18.0 Å². The maximum Gasteiger partial charge on any atom is 0.264 e. The maximum atomic E-state index is 14.1. The molecular formula is C29H33Cl2N3O5S. The van der Waals surface area contributed by atoms with Crippen molar-refractivity contribution >= 4 is 50.7 Å². The number of hydrogen-bond acceptors (Lipinski definition) is 5. The minimum Gasteiger partial charge on any atom is -0.495 e. The number of amides is 2. The van der Waals surface area contributed by atoms with Gasteiger partial charge in [0.2, 0.25) is 11.8 Å². The normalized spacial score (nSPS) is 12.1. The Morgan fingerprint density at radius 3 is 2.15 bits per heavy atom. The molecule has 1 N–H and O–H groups in total. The number of nitrogens with one attached hydrogen (secondary N) is 1. The fourth-order valence-corrected chi connectivity index (χ4v) is 6.02. The van der Waals surface area contributed by atoms with E-state index in [1.165, 1.54) is 24.1 Å². The first-order valence-electron chi connectivity index (χ1n) is 12.6. The first-order chi connectivity index (χ1) is 18.9. The lowest BCUT2D eigenvalue weighted by molar-refractivity contribution is -0.139. The number of halogens is 2. The molecule has 1 atom stereocenters. The van der Waals surface area contributed by atoms with E-state index in [4.69, 9.17) is 27.9 Å². The molecule has 11 heteroatoms. The van der Waals surface area contributed by atoms with Crippen molar-refractivity contribution in [1.29, 1.82) is 0 Å². The Hall–Kier alpha value is -3.27. The highest BCUT2D eigenvalue weighted by Gasteiger charge is 2.34. The zero-order chi connectivity index (χ0) is 29.6. The highest BCUT2D eigenvalue weighted by molar-refractivity contribution is 7.92. The predicted octanol–water partition coefficient (Wildman–Crippen LogP) is 5.45. The van der Waals surface area contributed by atoms with Crippen molar-refractivity contribution in [2.75, 3.05) is 18.0 Å². The Kier molecular flexibility index (Phi) is 10.5. The van der Waals surface area contributed by atoms with Gasteiger partial charge in [-0.25, -0.2) is 8.42 Å². The molecule has 0 aliphatic carbocycles. The number of aryl methyl sites for hydroxylation is 1. The van der Waals surface area contributed by atoms with Gasteiger partial charge in [0.05, 0.1) is 17.7 Å². The van der Waals surface area contributed by atoms with Crippen LogP contribution in [0.1, 0.15) is 31.9 Å². The van der Waals surface area contributed by atoms with Crippen LogP contribution in [0, 0.1) is 6.92 Å². The third-order valence-electron chi connectivity index (χ3n) is 6.20. The highest BCUT2D eigenvalue weighted by Crippen LogP contribution is 2.34. The average Bonchev–Trinajstić information content (AvgIpc) is 2.91. The van der Waals surface area contributed by atoms with Gasteiger partial charge in [-0.2, -0.15) is 0 Å². The number of carbonyl (C=O) groups excluding carboxylic acids is 2. The van der Waals surface area contributed by atoms with Crippen LogP contribution in [0.15, 0.2) is 71.6 Å². The second kappa shape index (κ2) is 13.4. The van der Waals surface area contributed by atoms with E-state index in [-0.39, 0.29) is 28.9 Å². The van der Waals surface area contributed by atoms with E-state index >= 15 is 0 Å². The largest absolute Gasteiger partial charge is 0.495 e. The number of benzene rings is 3. The van der Waals surface area contributed by atoms with E-state index in [2.05, 4.69) is 5.32 Å². The zero-order valence-corrected chi connectivity index (χ0v) is 25.3. The first-order valence-corrected chi connectivity index (χ1v) is 14.8. The Bertz CT molecular complexity index is 1450. The summed E-state index contributed by atoms with van der Waals surface area (Å²) in [4.78, 5) is 28.4. The number of rotatable bonds is 11. The fourth-order valence-electron chi connectivity index (χ4n) is 4.07. The molecule has 3 aromatic rings. The van der Waals surface area contributed by atoms with E-state index in [1.807, 2.05) is 6.92 Å². The summed E-state index contributed by atoms with van der Waals surface area (Å²) in [6, 6.07) is 16.7. The van der Waals surface area contributed by atoms with Crippen LogP contribution in [0.3, 0.4) is 0 Å². The third kappa shape index (κ3) is 7.27. The molecule has 3 rings (SSSR count). The zero-order valence-electron chi connectivity index (χ0n) is 23.0. The van der Waals surface area contributed by atoms with Gasteiger partial charge < -0.3 is 15.0 Å². The minimum atomic E-state index is -4.23. The van der Waals surface area contributed by atoms with Gasteiger partial charge in [0, 0.05) is 28.2 Å². The van der Waals surface area contributed by atoms with Crippen LogP contribution in [0.4, 0.5) is 5.69 Å². The maximum absolute atomic E-state index is 14.1. The molecular weight excluding hydrogens is 573 g/mol. The summed E-state index contributed by atoms with van der Waals surface area (Å²) < 4.78 is 34.4. The smallest absolute Gasteiger partial charge is 0.264 e. The van der Waals surface area contributed by atoms with Gasteiger partial charge in [0.1, 0.15) is 18.3 Å². The van der Waals surface area contributed by atoms with Gasteiger partial charge in [-0.15, -0.1) is 0 Å². The van der Waals surface area contributed by atoms with E-state index in [0.29, 0.717) is 15.6 Å². The van der Waals surface area contributed by atoms with Gasteiger partial charge >= 0.3 is 0 Å². The lowest BCUT2D eigenvalue weighted by Gasteiger charge is -2.33. The standard InChI is InChI=1S/C29H33Cl2N3O5S/c1-19(2)32-29(36)21(4)33(17-23-24(30)12-9-13-25(23)31)28(35)18-34(26-16-20(3)14-15-27(26)39-5)40(37,38)22-10-7-6-8-11-22/h6-16,19,21H,17-18H2,1-5H3,(H,32,36)/t21-/m1/s1. The number of nitrogens with zero attached hydrogens (tertiary/aromatic N) is 2. The number of hydrogen-bond donors (Lipinski definition) is 1. The van der Waals surface area contributed by atoms with E-state index in [1.54, 1.807) is 75.4 Å². The molecule has 0 spiro atoms. The molecule has 0 saturated carbocycles. The quantitative estimate of drug-likeness (QED) is 0.313. The second-order valence-corrected chi connectivity index (χ2v) is 12.2. The van der Waals surface area contributed by atoms with Gasteiger partial charge in [-0.05, 0) is 69.7 Å². The topological polar surface area (TPSA) is 96.0 Å². The van der Waals surface area contributed by atoms with Crippen LogP contribution in [0.5, 0.6) is 5.75 Å². The molecule has 0 saturated heterocycles. The Balaban J connectivity index is 2.13. The SMILES string of the molecule is COc1ccc(C)cc1N(CC(=O)N(Cc1c(Cl)cccc1Cl)[C@H](C)C(=O)NC(C)C)S(=O)(=O)c1ccccc1. The monoisotopic (exact) mass is 605 g/mol. The molecule has 0 unspecified atom stereocenters. The van der Waals surface area contributed by atoms with E-state index in [0.717, 1.165) is 9.87 Å². The molecule has 0 radical (unpaired) electrons. The molecule has 0 heterocycles. The van der Waals surface area contributed by atoms with Crippen LogP contribution in [-0.2, 0) is 26.2 Å². The van der Waals surface area contributed by atoms with Crippen molar-refractivity contribution in [2.24, 2.45) is 0 Å². The van der Waals surface area contributed by atoms with Crippen molar-refractivity contribution in [3.8, 4) is 5.75 Å². The number of carbonyl (C=O) groups is 2. The van der Waals surface area contributed by atoms with Crippen LogP contribution < -0.4 is 14.4 Å². The lowest BCUT2D eigenvalue weighted by atomic mass is 10.1. The molecule has 40 heavy (non-hydrogen) atoms. The molecule has 0 aromatic heterocycles. The summed E-state index contributed by atoms with van der Waals surface area (Å²) in [6.07, 6.45) is 0. The molecule has 8 nitrogen and oxygen atoms in total. The molecule has 3 aromatic carbocycles. The van der Waals surface area contributed by atoms with Crippen molar-refractivity contribution in [3.05, 3.63) is 87.9 Å². The summed E-state index contributed by atoms with van der Waals surface area (Å²) in [6.45, 7) is 6.26. The second-order valence-electron chi connectivity index (χ2n) is 9.56. The lowest BCUT2D eigenvalue weighted by Crippen LogP contribution is -2.52. The first kappa shape index (κ1) is 31.3. The van der Waals surface area contributed by atoms with Crippen LogP contribution in [-0.4, -0.2) is 50.9 Å². The Labute approximate surface area is 245 Å². The summed E-state index contributed by atoms with van der Waals surface area (Å²) in [5.41, 5.74) is 1.39. The molecule has 0 aliphatic rings. The number of ether oxygens (including phenoxy) is 1. The molecule has 2 amide bonds. The molecule has 214 valence electrons. The number of anilines is 1. The van der Waals surface area contributed by atoms with Crippen LogP contribution in [0.2, 0.25) is 10.0 Å². The summed E-state index contributed by atoms with van der Waals surface area (Å²) in [7, 11) is -2.81. The van der Waals surface area contributed by atoms with Gasteiger partial charge in [0.15, 0.2) is 0 Å². The van der Waals surface area contributed by atoms with Gasteiger partial charge in [-0.3, -0.25) is 13.9 Å². The average molecular weight is 607 g/mol. The van der Waals surface area contributed by atoms with Crippen LogP contribution in [0.25, 0.3) is 0 Å². The molecule has 0 bridgehead atoms. The van der Waals surface area contributed by atoms with Crippen LogP contribution >= 0.6 is 23.2 Å². The number of methoxy groups -OCH3 is 1. The van der Waals surface area contributed by atoms with Gasteiger partial charge in [-0.1, -0.05) is 53.5 Å². The Morgan fingerprint density at radius 1 is 0.950 bits per heavy atom.